The molecule has 0 saturated heterocycles. The van der Waals surface area contributed by atoms with Crippen molar-refractivity contribution in [2.24, 2.45) is 0 Å². The first-order valence-corrected chi connectivity index (χ1v) is 8.97. The molecule has 0 bridgehead atoms. The maximum atomic E-state index is 12.5. The molecule has 3 rings (SSSR count). The number of nitrogens with zero attached hydrogens (tertiary/aromatic N) is 2. The average molecular weight is 364 g/mol. The number of rotatable bonds is 6. The van der Waals surface area contributed by atoms with Crippen molar-refractivity contribution < 1.29 is 9.21 Å². The fourth-order valence-electron chi connectivity index (χ4n) is 2.89. The van der Waals surface area contributed by atoms with Crippen LogP contribution in [0.4, 0.5) is 11.5 Å². The molecule has 140 valence electrons. The lowest BCUT2D eigenvalue weighted by Gasteiger charge is -2.17. The van der Waals surface area contributed by atoms with Crippen LogP contribution in [0.5, 0.6) is 0 Å². The Labute approximate surface area is 159 Å². The standard InChI is InChI=1S/C21H24N4O2/c1-13(2)17-9-5-7-14(3)20(17)25-19-11-18(23-15(4)24-19)21(26)22-12-16-8-6-10-27-16/h5-11,13H,12H2,1-4H3,(H,22,26)(H,23,24,25). The monoisotopic (exact) mass is 364 g/mol. The number of furan rings is 1. The Bertz CT molecular complexity index is 933. The predicted molar refractivity (Wildman–Crippen MR) is 105 cm³/mol. The van der Waals surface area contributed by atoms with E-state index in [0.717, 1.165) is 11.3 Å². The molecule has 0 aliphatic rings. The van der Waals surface area contributed by atoms with E-state index in [1.54, 1.807) is 25.3 Å². The van der Waals surface area contributed by atoms with Gasteiger partial charge in [-0.1, -0.05) is 32.0 Å². The molecule has 0 radical (unpaired) electrons. The van der Waals surface area contributed by atoms with Crippen molar-refractivity contribution >= 4 is 17.4 Å². The van der Waals surface area contributed by atoms with Gasteiger partial charge in [0.15, 0.2) is 0 Å². The van der Waals surface area contributed by atoms with Crippen molar-refractivity contribution in [3.8, 4) is 0 Å². The van der Waals surface area contributed by atoms with Gasteiger partial charge in [0.05, 0.1) is 12.8 Å². The molecule has 0 aliphatic carbocycles. The summed E-state index contributed by atoms with van der Waals surface area (Å²) < 4.78 is 5.24. The van der Waals surface area contributed by atoms with Crippen LogP contribution in [0.2, 0.25) is 0 Å². The fraction of sp³-hybridized carbons (Fsp3) is 0.286. The van der Waals surface area contributed by atoms with Gasteiger partial charge < -0.3 is 15.1 Å². The molecule has 0 unspecified atom stereocenters. The first-order chi connectivity index (χ1) is 12.9. The maximum Gasteiger partial charge on any atom is 0.270 e. The zero-order valence-electron chi connectivity index (χ0n) is 16.0. The summed E-state index contributed by atoms with van der Waals surface area (Å²) in [6.45, 7) is 8.44. The first kappa shape index (κ1) is 18.6. The Kier molecular flexibility index (Phi) is 5.54. The molecular weight excluding hydrogens is 340 g/mol. The lowest BCUT2D eigenvalue weighted by molar-refractivity contribution is 0.0942. The lowest BCUT2D eigenvalue weighted by atomic mass is 9.98. The zero-order chi connectivity index (χ0) is 19.4. The summed E-state index contributed by atoms with van der Waals surface area (Å²) >= 11 is 0. The predicted octanol–water partition coefficient (Wildman–Crippen LogP) is 4.48. The molecule has 3 aromatic rings. The molecule has 0 atom stereocenters. The summed E-state index contributed by atoms with van der Waals surface area (Å²) in [5, 5.41) is 6.19. The van der Waals surface area contributed by atoms with Gasteiger partial charge in [-0.15, -0.1) is 0 Å². The SMILES string of the molecule is Cc1nc(Nc2c(C)cccc2C(C)C)cc(C(=O)NCc2ccco2)n1. The van der Waals surface area contributed by atoms with E-state index in [1.807, 2.05) is 6.07 Å². The number of para-hydroxylation sites is 1. The summed E-state index contributed by atoms with van der Waals surface area (Å²) in [6.07, 6.45) is 1.58. The van der Waals surface area contributed by atoms with Gasteiger partial charge >= 0.3 is 0 Å². The van der Waals surface area contributed by atoms with Gasteiger partial charge in [0.1, 0.15) is 23.1 Å². The number of carbonyl (C=O) groups is 1. The molecule has 2 N–H and O–H groups in total. The van der Waals surface area contributed by atoms with Gasteiger partial charge in [0, 0.05) is 11.8 Å². The van der Waals surface area contributed by atoms with Crippen LogP contribution in [0.1, 0.15) is 53.0 Å². The third-order valence-electron chi connectivity index (χ3n) is 4.25. The largest absolute Gasteiger partial charge is 0.467 e. The smallest absolute Gasteiger partial charge is 0.270 e. The quantitative estimate of drug-likeness (QED) is 0.674. The topological polar surface area (TPSA) is 80.0 Å². The second-order valence-corrected chi connectivity index (χ2v) is 6.77. The molecule has 1 amide bonds. The highest BCUT2D eigenvalue weighted by atomic mass is 16.3. The molecule has 6 nitrogen and oxygen atoms in total. The van der Waals surface area contributed by atoms with E-state index < -0.39 is 0 Å². The first-order valence-electron chi connectivity index (χ1n) is 8.97. The number of aromatic nitrogens is 2. The Morgan fingerprint density at radius 1 is 1.15 bits per heavy atom. The van der Waals surface area contributed by atoms with Crippen molar-refractivity contribution in [3.05, 3.63) is 71.1 Å². The molecule has 27 heavy (non-hydrogen) atoms. The number of aryl methyl sites for hydroxylation is 2. The third-order valence-corrected chi connectivity index (χ3v) is 4.25. The number of hydrogen-bond acceptors (Lipinski definition) is 5. The normalized spacial score (nSPS) is 10.9. The third kappa shape index (κ3) is 4.53. The van der Waals surface area contributed by atoms with Gasteiger partial charge in [0.2, 0.25) is 0 Å². The highest BCUT2D eigenvalue weighted by Gasteiger charge is 2.14. The average Bonchev–Trinajstić information content (AvgIpc) is 3.14. The van der Waals surface area contributed by atoms with E-state index in [1.165, 1.54) is 5.56 Å². The number of benzene rings is 1. The number of carbonyl (C=O) groups excluding carboxylic acids is 1. The van der Waals surface area contributed by atoms with E-state index in [4.69, 9.17) is 4.42 Å². The van der Waals surface area contributed by atoms with Gasteiger partial charge in [-0.25, -0.2) is 9.97 Å². The van der Waals surface area contributed by atoms with E-state index in [9.17, 15) is 4.79 Å². The lowest BCUT2D eigenvalue weighted by Crippen LogP contribution is -2.24. The molecule has 2 heterocycles. The zero-order valence-corrected chi connectivity index (χ0v) is 16.0. The van der Waals surface area contributed by atoms with Crippen LogP contribution in [-0.4, -0.2) is 15.9 Å². The van der Waals surface area contributed by atoms with Crippen LogP contribution in [0, 0.1) is 13.8 Å². The van der Waals surface area contributed by atoms with Crippen molar-refractivity contribution in [1.29, 1.82) is 0 Å². The fourth-order valence-corrected chi connectivity index (χ4v) is 2.89. The van der Waals surface area contributed by atoms with Gasteiger partial charge in [-0.2, -0.15) is 0 Å². The molecule has 0 saturated carbocycles. The molecule has 0 aliphatic heterocycles. The Morgan fingerprint density at radius 3 is 2.67 bits per heavy atom. The molecular formula is C21H24N4O2. The van der Waals surface area contributed by atoms with Gasteiger partial charge in [-0.05, 0) is 43.0 Å². The van der Waals surface area contributed by atoms with Crippen LogP contribution in [0.15, 0.2) is 47.1 Å². The van der Waals surface area contributed by atoms with Crippen molar-refractivity contribution in [2.75, 3.05) is 5.32 Å². The van der Waals surface area contributed by atoms with Crippen molar-refractivity contribution in [2.45, 2.75) is 40.2 Å². The van der Waals surface area contributed by atoms with Gasteiger partial charge in [0.25, 0.3) is 5.91 Å². The maximum absolute atomic E-state index is 12.5. The minimum atomic E-state index is -0.270. The minimum Gasteiger partial charge on any atom is -0.467 e. The van der Waals surface area contributed by atoms with E-state index in [-0.39, 0.29) is 5.91 Å². The summed E-state index contributed by atoms with van der Waals surface area (Å²) in [7, 11) is 0. The van der Waals surface area contributed by atoms with Crippen LogP contribution >= 0.6 is 0 Å². The molecule has 0 spiro atoms. The highest BCUT2D eigenvalue weighted by Crippen LogP contribution is 2.29. The summed E-state index contributed by atoms with van der Waals surface area (Å²) in [5.41, 5.74) is 3.67. The second kappa shape index (κ2) is 8.03. The second-order valence-electron chi connectivity index (χ2n) is 6.77. The number of anilines is 2. The molecule has 2 aromatic heterocycles. The number of amides is 1. The van der Waals surface area contributed by atoms with Crippen molar-refractivity contribution in [1.82, 2.24) is 15.3 Å². The van der Waals surface area contributed by atoms with Crippen LogP contribution in [0.3, 0.4) is 0 Å². The van der Waals surface area contributed by atoms with E-state index >= 15 is 0 Å². The van der Waals surface area contributed by atoms with E-state index in [0.29, 0.717) is 35.6 Å². The molecule has 1 aromatic carbocycles. The summed E-state index contributed by atoms with van der Waals surface area (Å²) in [5.74, 6) is 1.92. The van der Waals surface area contributed by atoms with E-state index in [2.05, 4.69) is 59.6 Å². The molecule has 0 fully saturated rings. The Hall–Kier alpha value is -3.15. The Morgan fingerprint density at radius 2 is 1.96 bits per heavy atom. The molecule has 6 heteroatoms. The summed E-state index contributed by atoms with van der Waals surface area (Å²) in [4.78, 5) is 21.2. The number of nitrogens with one attached hydrogen (secondary N) is 2. The van der Waals surface area contributed by atoms with Gasteiger partial charge in [-0.3, -0.25) is 4.79 Å². The van der Waals surface area contributed by atoms with Crippen LogP contribution in [0.25, 0.3) is 0 Å². The van der Waals surface area contributed by atoms with Crippen LogP contribution in [-0.2, 0) is 6.54 Å². The highest BCUT2D eigenvalue weighted by molar-refractivity contribution is 5.93. The summed E-state index contributed by atoms with van der Waals surface area (Å²) in [6, 6.07) is 11.5. The number of hydrogen-bond donors (Lipinski definition) is 2. The Balaban J connectivity index is 1.83. The van der Waals surface area contributed by atoms with Crippen molar-refractivity contribution in [3.63, 3.8) is 0 Å². The van der Waals surface area contributed by atoms with Crippen LogP contribution < -0.4 is 10.6 Å². The minimum absolute atomic E-state index is 0.270.